The van der Waals surface area contributed by atoms with Crippen LogP contribution in [0.15, 0.2) is 24.4 Å². The third kappa shape index (κ3) is 3.11. The van der Waals surface area contributed by atoms with E-state index in [4.69, 9.17) is 0 Å². The van der Waals surface area contributed by atoms with Crippen molar-refractivity contribution in [1.29, 1.82) is 0 Å². The maximum atomic E-state index is 10.3. The van der Waals surface area contributed by atoms with Crippen molar-refractivity contribution in [3.05, 3.63) is 35.5 Å². The fourth-order valence-corrected chi connectivity index (χ4v) is 2.65. The average molecular weight is 313 g/mol. The van der Waals surface area contributed by atoms with Crippen molar-refractivity contribution in [3.63, 3.8) is 0 Å². The van der Waals surface area contributed by atoms with Crippen molar-refractivity contribution >= 4 is 11.0 Å². The van der Waals surface area contributed by atoms with Crippen LogP contribution in [0.2, 0.25) is 0 Å². The number of imidazole rings is 1. The highest BCUT2D eigenvalue weighted by Gasteiger charge is 2.14. The lowest BCUT2D eigenvalue weighted by Gasteiger charge is -2.00. The van der Waals surface area contributed by atoms with Gasteiger partial charge in [-0.2, -0.15) is 0 Å². The van der Waals surface area contributed by atoms with E-state index in [0.29, 0.717) is 11.4 Å². The first-order valence-corrected chi connectivity index (χ1v) is 8.38. The molecule has 2 heterocycles. The molecule has 0 saturated carbocycles. The number of nitrogens with one attached hydrogen (secondary N) is 1. The number of aryl methyl sites for hydroxylation is 2. The summed E-state index contributed by atoms with van der Waals surface area (Å²) in [5.41, 5.74) is 4.76. The van der Waals surface area contributed by atoms with Crippen molar-refractivity contribution in [3.8, 4) is 17.3 Å². The molecule has 4 heteroatoms. The number of rotatable bonds is 3. The van der Waals surface area contributed by atoms with Gasteiger partial charge in [0.2, 0.25) is 0 Å². The number of fused-ring (bicyclic) bond motifs is 1. The third-order valence-corrected chi connectivity index (χ3v) is 4.03. The van der Waals surface area contributed by atoms with Gasteiger partial charge in [0.05, 0.1) is 11.2 Å². The largest absolute Gasteiger partial charge is 0.505 e. The number of nitrogens with zero attached hydrogens (tertiary/aromatic N) is 2. The first-order valence-electron chi connectivity index (χ1n) is 8.38. The first kappa shape index (κ1) is 17.1. The van der Waals surface area contributed by atoms with Crippen molar-refractivity contribution in [2.75, 3.05) is 0 Å². The summed E-state index contributed by atoms with van der Waals surface area (Å²) in [7, 11) is 2.02. The van der Waals surface area contributed by atoms with Crippen LogP contribution in [0.25, 0.3) is 22.6 Å². The highest BCUT2D eigenvalue weighted by molar-refractivity contribution is 5.85. The molecule has 0 bridgehead atoms. The molecule has 0 unspecified atom stereocenters. The number of H-pyrrole nitrogens is 1. The molecule has 0 spiro atoms. The van der Waals surface area contributed by atoms with Gasteiger partial charge in [-0.25, -0.2) is 4.98 Å². The lowest BCUT2D eigenvalue weighted by molar-refractivity contribution is 0.474. The Hall–Kier alpha value is -2.23. The molecule has 0 saturated heterocycles. The molecule has 23 heavy (non-hydrogen) atoms. The standard InChI is InChI=1S/C17H21N3O.C2H6/c1-5-11-6-7-13-15(16(11)21)19-17(18-13)14-8-12(10(2)3)9-20(14)4;1-2/h6-10,21H,5H2,1-4H3,(H,18,19);1-2H3. The summed E-state index contributed by atoms with van der Waals surface area (Å²) in [6.07, 6.45) is 2.93. The maximum absolute atomic E-state index is 10.3. The highest BCUT2D eigenvalue weighted by atomic mass is 16.3. The number of phenols is 1. The van der Waals surface area contributed by atoms with E-state index in [-0.39, 0.29) is 5.75 Å². The Balaban J connectivity index is 0.000000924. The Labute approximate surface area is 138 Å². The van der Waals surface area contributed by atoms with Crippen LogP contribution in [-0.2, 0) is 13.5 Å². The van der Waals surface area contributed by atoms with Gasteiger partial charge < -0.3 is 14.7 Å². The summed E-state index contributed by atoms with van der Waals surface area (Å²) in [6.45, 7) is 10.4. The highest BCUT2D eigenvalue weighted by Crippen LogP contribution is 2.31. The van der Waals surface area contributed by atoms with E-state index < -0.39 is 0 Å². The van der Waals surface area contributed by atoms with Crippen LogP contribution in [0.3, 0.4) is 0 Å². The Morgan fingerprint density at radius 2 is 1.96 bits per heavy atom. The van der Waals surface area contributed by atoms with Crippen LogP contribution in [0.1, 0.15) is 51.7 Å². The summed E-state index contributed by atoms with van der Waals surface area (Å²) in [6, 6.07) is 6.08. The zero-order chi connectivity index (χ0) is 17.1. The molecular formula is C19H27N3O. The molecule has 0 fully saturated rings. The number of hydrogen-bond acceptors (Lipinski definition) is 2. The Kier molecular flexibility index (Phi) is 5.14. The zero-order valence-electron chi connectivity index (χ0n) is 14.9. The summed E-state index contributed by atoms with van der Waals surface area (Å²) >= 11 is 0. The molecule has 3 rings (SSSR count). The van der Waals surface area contributed by atoms with E-state index in [1.165, 1.54) is 5.56 Å². The van der Waals surface area contributed by atoms with Crippen LogP contribution in [-0.4, -0.2) is 19.6 Å². The number of aromatic amines is 1. The van der Waals surface area contributed by atoms with Crippen LogP contribution in [0, 0.1) is 0 Å². The Morgan fingerprint density at radius 3 is 2.52 bits per heavy atom. The quantitative estimate of drug-likeness (QED) is 0.716. The molecule has 0 aliphatic rings. The van der Waals surface area contributed by atoms with Gasteiger partial charge in [0.1, 0.15) is 11.3 Å². The summed E-state index contributed by atoms with van der Waals surface area (Å²) < 4.78 is 2.07. The van der Waals surface area contributed by atoms with Gasteiger partial charge in [0.15, 0.2) is 5.82 Å². The van der Waals surface area contributed by atoms with E-state index >= 15 is 0 Å². The van der Waals surface area contributed by atoms with Crippen molar-refractivity contribution in [2.24, 2.45) is 7.05 Å². The summed E-state index contributed by atoms with van der Waals surface area (Å²) in [4.78, 5) is 7.90. The SMILES string of the molecule is CC.CCc1ccc2[nH]c(-c3cc(C(C)C)cn3C)nc2c1O. The van der Waals surface area contributed by atoms with Gasteiger partial charge in [0, 0.05) is 13.2 Å². The second-order valence-electron chi connectivity index (χ2n) is 5.83. The molecule has 124 valence electrons. The molecule has 2 aromatic heterocycles. The minimum atomic E-state index is 0.288. The monoisotopic (exact) mass is 313 g/mol. The Bertz CT molecular complexity index is 796. The molecule has 0 radical (unpaired) electrons. The fourth-order valence-electron chi connectivity index (χ4n) is 2.65. The van der Waals surface area contributed by atoms with Gasteiger partial charge in [-0.3, -0.25) is 0 Å². The van der Waals surface area contributed by atoms with E-state index in [1.54, 1.807) is 0 Å². The number of aromatic hydroxyl groups is 1. The van der Waals surface area contributed by atoms with Gasteiger partial charge in [-0.1, -0.05) is 40.7 Å². The third-order valence-electron chi connectivity index (χ3n) is 4.03. The number of phenolic OH excluding ortho intramolecular Hbond substituents is 1. The number of benzene rings is 1. The van der Waals surface area contributed by atoms with Crippen LogP contribution < -0.4 is 0 Å². The zero-order valence-corrected chi connectivity index (χ0v) is 14.9. The molecule has 0 atom stereocenters. The van der Waals surface area contributed by atoms with Crippen molar-refractivity contribution in [2.45, 2.75) is 47.0 Å². The van der Waals surface area contributed by atoms with Gasteiger partial charge in [0.25, 0.3) is 0 Å². The predicted molar refractivity (Wildman–Crippen MR) is 97.0 cm³/mol. The normalized spacial score (nSPS) is 10.9. The molecule has 0 amide bonds. The molecule has 0 aliphatic heterocycles. The van der Waals surface area contributed by atoms with E-state index in [1.807, 2.05) is 40.0 Å². The van der Waals surface area contributed by atoms with Crippen LogP contribution in [0.4, 0.5) is 0 Å². The lowest BCUT2D eigenvalue weighted by atomic mass is 10.1. The van der Waals surface area contributed by atoms with E-state index in [0.717, 1.165) is 29.0 Å². The van der Waals surface area contributed by atoms with Crippen LogP contribution >= 0.6 is 0 Å². The Morgan fingerprint density at radius 1 is 1.26 bits per heavy atom. The second kappa shape index (κ2) is 6.90. The smallest absolute Gasteiger partial charge is 0.155 e. The molecule has 3 aromatic rings. The minimum absolute atomic E-state index is 0.288. The molecule has 1 aromatic carbocycles. The molecular weight excluding hydrogens is 286 g/mol. The van der Waals surface area contributed by atoms with E-state index in [2.05, 4.69) is 40.6 Å². The maximum Gasteiger partial charge on any atom is 0.155 e. The topological polar surface area (TPSA) is 53.8 Å². The van der Waals surface area contributed by atoms with Crippen molar-refractivity contribution < 1.29 is 5.11 Å². The number of hydrogen-bond donors (Lipinski definition) is 2. The predicted octanol–water partition coefficient (Wildman–Crippen LogP) is 4.99. The molecule has 4 nitrogen and oxygen atoms in total. The van der Waals surface area contributed by atoms with E-state index in [9.17, 15) is 5.11 Å². The summed E-state index contributed by atoms with van der Waals surface area (Å²) in [5, 5.41) is 10.3. The molecule has 0 aliphatic carbocycles. The van der Waals surface area contributed by atoms with Crippen molar-refractivity contribution in [1.82, 2.24) is 14.5 Å². The van der Waals surface area contributed by atoms with Gasteiger partial charge >= 0.3 is 0 Å². The minimum Gasteiger partial charge on any atom is -0.505 e. The summed E-state index contributed by atoms with van der Waals surface area (Å²) in [5.74, 6) is 1.56. The van der Waals surface area contributed by atoms with Gasteiger partial charge in [-0.05, 0) is 35.6 Å². The van der Waals surface area contributed by atoms with Gasteiger partial charge in [-0.15, -0.1) is 0 Å². The fraction of sp³-hybridized carbons (Fsp3) is 0.421. The molecule has 2 N–H and O–H groups in total. The lowest BCUT2D eigenvalue weighted by Crippen LogP contribution is -1.90. The number of aromatic nitrogens is 3. The second-order valence-corrected chi connectivity index (χ2v) is 5.83. The first-order chi connectivity index (χ1) is 11.0. The average Bonchev–Trinajstić information content (AvgIpc) is 3.13. The van der Waals surface area contributed by atoms with Crippen LogP contribution in [0.5, 0.6) is 5.75 Å².